The highest BCUT2D eigenvalue weighted by Crippen LogP contribution is 1.89. The molecule has 0 saturated heterocycles. The molecule has 3 nitrogen and oxygen atoms in total. The molecule has 0 amide bonds. The molecule has 0 fully saturated rings. The summed E-state index contributed by atoms with van der Waals surface area (Å²) in [4.78, 5) is 7.65. The van der Waals surface area contributed by atoms with Crippen molar-refractivity contribution >= 4 is 0 Å². The van der Waals surface area contributed by atoms with Crippen molar-refractivity contribution < 1.29 is 0 Å². The minimum Gasteiger partial charge on any atom is -0.311 e. The van der Waals surface area contributed by atoms with Crippen LogP contribution in [0.5, 0.6) is 0 Å². The van der Waals surface area contributed by atoms with Gasteiger partial charge in [-0.1, -0.05) is 0 Å². The van der Waals surface area contributed by atoms with Gasteiger partial charge >= 0.3 is 0 Å². The summed E-state index contributed by atoms with van der Waals surface area (Å²) in [6, 6.07) is 0. The van der Waals surface area contributed by atoms with E-state index in [2.05, 4.69) is 22.3 Å². The van der Waals surface area contributed by atoms with Crippen molar-refractivity contribution in [3.63, 3.8) is 0 Å². The summed E-state index contributed by atoms with van der Waals surface area (Å²) < 4.78 is 0. The average Bonchev–Trinajstić information content (AvgIpc) is 1.91. The smallest absolute Gasteiger partial charge is 0.115 e. The van der Waals surface area contributed by atoms with Gasteiger partial charge in [-0.05, 0) is 0 Å². The van der Waals surface area contributed by atoms with Crippen molar-refractivity contribution in [3.8, 4) is 0 Å². The maximum atomic E-state index is 3.82. The van der Waals surface area contributed by atoms with Gasteiger partial charge in [-0.25, -0.2) is 9.97 Å². The Bertz CT molecular complexity index is 161. The van der Waals surface area contributed by atoms with Crippen LogP contribution in [0.2, 0.25) is 0 Å². The van der Waals surface area contributed by atoms with Crippen molar-refractivity contribution in [1.29, 1.82) is 0 Å². The first-order chi connectivity index (χ1) is 4.43. The summed E-state index contributed by atoms with van der Waals surface area (Å²) >= 11 is 0. The zero-order valence-electron chi connectivity index (χ0n) is 5.04. The van der Waals surface area contributed by atoms with E-state index in [1.165, 1.54) is 6.33 Å². The van der Waals surface area contributed by atoms with Gasteiger partial charge in [0.15, 0.2) is 0 Å². The molecule has 1 aromatic rings. The predicted molar refractivity (Wildman–Crippen MR) is 34.2 cm³/mol. The topological polar surface area (TPSA) is 37.8 Å². The highest BCUT2D eigenvalue weighted by molar-refractivity contribution is 5.01. The standard InChI is InChI=1S/C6H8N3/c1-7-2-6-3-8-5-9-4-6/h3-5,7H,1-2H2. The van der Waals surface area contributed by atoms with Crippen molar-refractivity contribution in [2.75, 3.05) is 0 Å². The molecular weight excluding hydrogens is 114 g/mol. The molecule has 0 unspecified atom stereocenters. The van der Waals surface area contributed by atoms with Gasteiger partial charge in [0.1, 0.15) is 6.33 Å². The fourth-order valence-electron chi connectivity index (χ4n) is 0.566. The van der Waals surface area contributed by atoms with Crippen LogP contribution in [0.15, 0.2) is 18.7 Å². The fourth-order valence-corrected chi connectivity index (χ4v) is 0.566. The second-order valence-corrected chi connectivity index (χ2v) is 1.67. The molecule has 1 aromatic heterocycles. The van der Waals surface area contributed by atoms with Gasteiger partial charge in [0, 0.05) is 31.5 Å². The van der Waals surface area contributed by atoms with Gasteiger partial charge in [-0.2, -0.15) is 0 Å². The first-order valence-corrected chi connectivity index (χ1v) is 2.67. The molecule has 0 atom stereocenters. The molecule has 1 N–H and O–H groups in total. The molecule has 1 radical (unpaired) electrons. The molecule has 1 heterocycles. The predicted octanol–water partition coefficient (Wildman–Crippen LogP) is 0.358. The number of hydrogen-bond acceptors (Lipinski definition) is 3. The van der Waals surface area contributed by atoms with E-state index in [4.69, 9.17) is 0 Å². The Kier molecular flexibility index (Phi) is 2.15. The zero-order valence-corrected chi connectivity index (χ0v) is 5.04. The number of hydrogen-bond donors (Lipinski definition) is 1. The van der Waals surface area contributed by atoms with Crippen LogP contribution in [0, 0.1) is 7.05 Å². The van der Waals surface area contributed by atoms with E-state index < -0.39 is 0 Å². The molecule has 0 saturated carbocycles. The number of rotatable bonds is 2. The largest absolute Gasteiger partial charge is 0.311 e. The van der Waals surface area contributed by atoms with Crippen molar-refractivity contribution in [2.45, 2.75) is 6.54 Å². The van der Waals surface area contributed by atoms with Crippen LogP contribution in [0.3, 0.4) is 0 Å². The van der Waals surface area contributed by atoms with Crippen LogP contribution in [-0.4, -0.2) is 9.97 Å². The molecule has 0 aliphatic rings. The summed E-state index contributed by atoms with van der Waals surface area (Å²) in [6.45, 7) is 0.723. The van der Waals surface area contributed by atoms with Crippen molar-refractivity contribution in [1.82, 2.24) is 15.3 Å². The van der Waals surface area contributed by atoms with Gasteiger partial charge in [-0.3, -0.25) is 0 Å². The maximum Gasteiger partial charge on any atom is 0.115 e. The Morgan fingerprint density at radius 2 is 2.11 bits per heavy atom. The van der Waals surface area contributed by atoms with Crippen LogP contribution in [0.4, 0.5) is 0 Å². The summed E-state index contributed by atoms with van der Waals surface area (Å²) in [5, 5.41) is 2.75. The van der Waals surface area contributed by atoms with E-state index in [0.717, 1.165) is 12.1 Å². The van der Waals surface area contributed by atoms with Gasteiger partial charge in [0.2, 0.25) is 0 Å². The van der Waals surface area contributed by atoms with Gasteiger partial charge in [0.25, 0.3) is 0 Å². The first kappa shape index (κ1) is 6.16. The van der Waals surface area contributed by atoms with E-state index in [1.807, 2.05) is 0 Å². The summed E-state index contributed by atoms with van der Waals surface area (Å²) in [5.74, 6) is 0. The molecule has 0 aliphatic heterocycles. The second kappa shape index (κ2) is 3.14. The molecule has 0 aromatic carbocycles. The lowest BCUT2D eigenvalue weighted by atomic mass is 10.3. The Balaban J connectivity index is 2.61. The summed E-state index contributed by atoms with van der Waals surface area (Å²) in [6.07, 6.45) is 5.02. The SMILES string of the molecule is [CH2]NCc1cncnc1. The zero-order chi connectivity index (χ0) is 6.53. The number of aromatic nitrogens is 2. The van der Waals surface area contributed by atoms with E-state index in [1.54, 1.807) is 12.4 Å². The number of nitrogens with one attached hydrogen (secondary N) is 1. The molecular formula is C6H8N3. The third kappa shape index (κ3) is 1.77. The first-order valence-electron chi connectivity index (χ1n) is 2.67. The Morgan fingerprint density at radius 1 is 1.44 bits per heavy atom. The summed E-state index contributed by atoms with van der Waals surface area (Å²) in [7, 11) is 3.48. The second-order valence-electron chi connectivity index (χ2n) is 1.67. The lowest BCUT2D eigenvalue weighted by Gasteiger charge is -1.94. The van der Waals surface area contributed by atoms with E-state index in [-0.39, 0.29) is 0 Å². The van der Waals surface area contributed by atoms with Crippen LogP contribution in [0.25, 0.3) is 0 Å². The quantitative estimate of drug-likeness (QED) is 0.615. The van der Waals surface area contributed by atoms with E-state index >= 15 is 0 Å². The normalized spacial score (nSPS) is 9.44. The lowest BCUT2D eigenvalue weighted by molar-refractivity contribution is 0.850. The molecule has 9 heavy (non-hydrogen) atoms. The minimum atomic E-state index is 0.723. The molecule has 1 rings (SSSR count). The minimum absolute atomic E-state index is 0.723. The van der Waals surface area contributed by atoms with E-state index in [9.17, 15) is 0 Å². The Hall–Kier alpha value is -0.960. The molecule has 47 valence electrons. The maximum absolute atomic E-state index is 3.82. The summed E-state index contributed by atoms with van der Waals surface area (Å²) in [5.41, 5.74) is 1.05. The highest BCUT2D eigenvalue weighted by atomic mass is 14.8. The Labute approximate surface area is 54.2 Å². The fraction of sp³-hybridized carbons (Fsp3) is 0.167. The molecule has 0 aliphatic carbocycles. The van der Waals surface area contributed by atoms with Crippen LogP contribution in [0.1, 0.15) is 5.56 Å². The van der Waals surface area contributed by atoms with Gasteiger partial charge in [0.05, 0.1) is 0 Å². The number of nitrogens with zero attached hydrogens (tertiary/aromatic N) is 2. The third-order valence-electron chi connectivity index (χ3n) is 0.943. The lowest BCUT2D eigenvalue weighted by Crippen LogP contribution is -2.02. The average molecular weight is 122 g/mol. The van der Waals surface area contributed by atoms with E-state index in [0.29, 0.717) is 0 Å². The van der Waals surface area contributed by atoms with Gasteiger partial charge in [-0.15, -0.1) is 0 Å². The monoisotopic (exact) mass is 122 g/mol. The van der Waals surface area contributed by atoms with Crippen molar-refractivity contribution in [2.24, 2.45) is 0 Å². The van der Waals surface area contributed by atoms with Crippen molar-refractivity contribution in [3.05, 3.63) is 31.3 Å². The molecule has 0 spiro atoms. The molecule has 0 bridgehead atoms. The third-order valence-corrected chi connectivity index (χ3v) is 0.943. The van der Waals surface area contributed by atoms with Crippen LogP contribution in [-0.2, 0) is 6.54 Å². The van der Waals surface area contributed by atoms with Crippen LogP contribution >= 0.6 is 0 Å². The highest BCUT2D eigenvalue weighted by Gasteiger charge is 1.85. The van der Waals surface area contributed by atoms with Gasteiger partial charge < -0.3 is 5.32 Å². The Morgan fingerprint density at radius 3 is 2.67 bits per heavy atom. The molecule has 3 heteroatoms. The van der Waals surface area contributed by atoms with Crippen LogP contribution < -0.4 is 5.32 Å².